The van der Waals surface area contributed by atoms with Crippen LogP contribution in [0.25, 0.3) is 16.6 Å². The minimum absolute atomic E-state index is 0.133. The first-order chi connectivity index (χ1) is 14.1. The van der Waals surface area contributed by atoms with Gasteiger partial charge in [0.2, 0.25) is 0 Å². The summed E-state index contributed by atoms with van der Waals surface area (Å²) in [7, 11) is 0. The highest BCUT2D eigenvalue weighted by Crippen LogP contribution is 2.23. The Bertz CT molecular complexity index is 1170. The summed E-state index contributed by atoms with van der Waals surface area (Å²) in [5.74, 6) is -0.538. The Morgan fingerprint density at radius 1 is 1.17 bits per heavy atom. The maximum Gasteiger partial charge on any atom is 0.254 e. The predicted molar refractivity (Wildman–Crippen MR) is 108 cm³/mol. The van der Waals surface area contributed by atoms with Crippen molar-refractivity contribution in [1.82, 2.24) is 25.1 Å². The van der Waals surface area contributed by atoms with E-state index in [1.54, 1.807) is 41.6 Å². The van der Waals surface area contributed by atoms with Gasteiger partial charge in [0.1, 0.15) is 5.82 Å². The number of halogens is 1. The topological polar surface area (TPSA) is 72.7 Å². The number of aromatic nitrogens is 4. The van der Waals surface area contributed by atoms with Crippen molar-refractivity contribution in [1.29, 1.82) is 0 Å². The molecule has 4 aromatic rings. The normalized spacial score (nSPS) is 12.1. The molecule has 0 aliphatic rings. The van der Waals surface area contributed by atoms with Crippen molar-refractivity contribution in [2.45, 2.75) is 26.3 Å². The SMILES string of the molecule is CC[C@H](NC(=O)c1cncc2c1cnn2-c1ccc(F)cc1)c1ccnc(C)c1. The summed E-state index contributed by atoms with van der Waals surface area (Å²) < 4.78 is 14.9. The first-order valence-electron chi connectivity index (χ1n) is 9.38. The van der Waals surface area contributed by atoms with Gasteiger partial charge in [0.25, 0.3) is 5.91 Å². The quantitative estimate of drug-likeness (QED) is 0.557. The third-order valence-corrected chi connectivity index (χ3v) is 4.85. The van der Waals surface area contributed by atoms with Crippen LogP contribution in [0.2, 0.25) is 0 Å². The van der Waals surface area contributed by atoms with Crippen molar-refractivity contribution < 1.29 is 9.18 Å². The lowest BCUT2D eigenvalue weighted by Crippen LogP contribution is -2.28. The molecule has 1 amide bonds. The molecule has 3 aromatic heterocycles. The third kappa shape index (κ3) is 3.71. The van der Waals surface area contributed by atoms with Gasteiger partial charge in [0.15, 0.2) is 0 Å². The van der Waals surface area contributed by atoms with Crippen LogP contribution in [0.4, 0.5) is 4.39 Å². The van der Waals surface area contributed by atoms with Crippen LogP contribution in [-0.4, -0.2) is 25.7 Å². The van der Waals surface area contributed by atoms with Gasteiger partial charge in [-0.15, -0.1) is 0 Å². The zero-order valence-electron chi connectivity index (χ0n) is 16.1. The van der Waals surface area contributed by atoms with Crippen molar-refractivity contribution in [2.75, 3.05) is 0 Å². The van der Waals surface area contributed by atoms with Gasteiger partial charge >= 0.3 is 0 Å². The summed E-state index contributed by atoms with van der Waals surface area (Å²) >= 11 is 0. The van der Waals surface area contributed by atoms with Crippen LogP contribution >= 0.6 is 0 Å². The van der Waals surface area contributed by atoms with E-state index in [-0.39, 0.29) is 17.8 Å². The number of rotatable bonds is 5. The lowest BCUT2D eigenvalue weighted by atomic mass is 10.0. The standard InChI is InChI=1S/C22H20FN5O/c1-3-20(15-8-9-25-14(2)10-15)27-22(29)19-11-24-13-21-18(19)12-26-28(21)17-6-4-16(23)5-7-17/h4-13,20H,3H2,1-2H3,(H,27,29)/t20-/m0/s1. The molecule has 0 spiro atoms. The number of carbonyl (C=O) groups excluding carboxylic acids is 1. The molecule has 1 atom stereocenters. The van der Waals surface area contributed by atoms with Gasteiger partial charge in [0, 0.05) is 23.5 Å². The summed E-state index contributed by atoms with van der Waals surface area (Å²) in [6, 6.07) is 9.75. The van der Waals surface area contributed by atoms with Crippen LogP contribution in [0.3, 0.4) is 0 Å². The van der Waals surface area contributed by atoms with E-state index in [9.17, 15) is 9.18 Å². The minimum atomic E-state index is -0.319. The van der Waals surface area contributed by atoms with Crippen molar-refractivity contribution in [3.8, 4) is 5.69 Å². The zero-order chi connectivity index (χ0) is 20.4. The van der Waals surface area contributed by atoms with E-state index in [2.05, 4.69) is 20.4 Å². The molecule has 3 heterocycles. The smallest absolute Gasteiger partial charge is 0.254 e. The van der Waals surface area contributed by atoms with Crippen molar-refractivity contribution in [3.05, 3.63) is 83.8 Å². The fourth-order valence-corrected chi connectivity index (χ4v) is 3.35. The Balaban J connectivity index is 1.67. The Morgan fingerprint density at radius 2 is 1.97 bits per heavy atom. The Hall–Kier alpha value is -3.61. The van der Waals surface area contributed by atoms with E-state index < -0.39 is 0 Å². The van der Waals surface area contributed by atoms with Gasteiger partial charge in [-0.3, -0.25) is 14.8 Å². The fourth-order valence-electron chi connectivity index (χ4n) is 3.35. The molecule has 0 fully saturated rings. The molecule has 146 valence electrons. The predicted octanol–water partition coefficient (Wildman–Crippen LogP) is 4.14. The summed E-state index contributed by atoms with van der Waals surface area (Å²) in [5.41, 5.74) is 3.73. The molecule has 1 N–H and O–H groups in total. The largest absolute Gasteiger partial charge is 0.345 e. The summed E-state index contributed by atoms with van der Waals surface area (Å²) in [4.78, 5) is 21.5. The van der Waals surface area contributed by atoms with E-state index in [0.29, 0.717) is 22.2 Å². The third-order valence-electron chi connectivity index (χ3n) is 4.85. The first-order valence-corrected chi connectivity index (χ1v) is 9.38. The number of fused-ring (bicyclic) bond motifs is 1. The average Bonchev–Trinajstić information content (AvgIpc) is 3.16. The van der Waals surface area contributed by atoms with Crippen LogP contribution in [0.15, 0.2) is 61.2 Å². The van der Waals surface area contributed by atoms with Gasteiger partial charge in [-0.25, -0.2) is 9.07 Å². The molecule has 0 saturated carbocycles. The van der Waals surface area contributed by atoms with Crippen LogP contribution in [0.1, 0.15) is 41.0 Å². The number of nitrogens with one attached hydrogen (secondary N) is 1. The molecule has 4 rings (SSSR count). The maximum atomic E-state index is 13.2. The van der Waals surface area contributed by atoms with Crippen LogP contribution in [0, 0.1) is 12.7 Å². The highest BCUT2D eigenvalue weighted by molar-refractivity contribution is 6.06. The highest BCUT2D eigenvalue weighted by atomic mass is 19.1. The Labute approximate surface area is 167 Å². The highest BCUT2D eigenvalue weighted by Gasteiger charge is 2.18. The molecule has 7 heteroatoms. The van der Waals surface area contributed by atoms with Crippen molar-refractivity contribution in [3.63, 3.8) is 0 Å². The van der Waals surface area contributed by atoms with Gasteiger partial charge in [0.05, 0.1) is 35.2 Å². The molecule has 0 saturated heterocycles. The number of amides is 1. The summed E-state index contributed by atoms with van der Waals surface area (Å²) in [6.45, 7) is 3.94. The van der Waals surface area contributed by atoms with Crippen LogP contribution in [0.5, 0.6) is 0 Å². The second-order valence-electron chi connectivity index (χ2n) is 6.82. The Kier molecular flexibility index (Phi) is 5.03. The molecular formula is C22H20FN5O. The van der Waals surface area contributed by atoms with Gasteiger partial charge in [-0.2, -0.15) is 5.10 Å². The number of aryl methyl sites for hydroxylation is 1. The zero-order valence-corrected chi connectivity index (χ0v) is 16.1. The van der Waals surface area contributed by atoms with Crippen LogP contribution in [-0.2, 0) is 0 Å². The number of carbonyl (C=O) groups is 1. The number of pyridine rings is 2. The van der Waals surface area contributed by atoms with E-state index in [1.165, 1.54) is 12.1 Å². The Morgan fingerprint density at radius 3 is 2.69 bits per heavy atom. The molecule has 0 radical (unpaired) electrons. The van der Waals surface area contributed by atoms with Crippen LogP contribution < -0.4 is 5.32 Å². The maximum absolute atomic E-state index is 13.2. The number of hydrogen-bond donors (Lipinski definition) is 1. The van der Waals surface area contributed by atoms with Crippen molar-refractivity contribution in [2.24, 2.45) is 0 Å². The average molecular weight is 389 g/mol. The minimum Gasteiger partial charge on any atom is -0.345 e. The molecular weight excluding hydrogens is 369 g/mol. The molecule has 0 unspecified atom stereocenters. The fraction of sp³-hybridized carbons (Fsp3) is 0.182. The second kappa shape index (κ2) is 7.79. The lowest BCUT2D eigenvalue weighted by molar-refractivity contribution is 0.0937. The van der Waals surface area contributed by atoms with Gasteiger partial charge < -0.3 is 5.32 Å². The van der Waals surface area contributed by atoms with E-state index in [4.69, 9.17) is 0 Å². The van der Waals surface area contributed by atoms with Crippen molar-refractivity contribution >= 4 is 16.8 Å². The summed E-state index contributed by atoms with van der Waals surface area (Å²) in [6.07, 6.45) is 7.31. The van der Waals surface area contributed by atoms with Gasteiger partial charge in [-0.1, -0.05) is 6.92 Å². The number of hydrogen-bond acceptors (Lipinski definition) is 4. The molecule has 6 nitrogen and oxygen atoms in total. The van der Waals surface area contributed by atoms with E-state index in [0.717, 1.165) is 17.7 Å². The second-order valence-corrected chi connectivity index (χ2v) is 6.82. The molecule has 1 aromatic carbocycles. The lowest BCUT2D eigenvalue weighted by Gasteiger charge is -2.18. The first kappa shape index (κ1) is 18.7. The number of nitrogens with zero attached hydrogens (tertiary/aromatic N) is 4. The molecule has 0 aliphatic heterocycles. The van der Waals surface area contributed by atoms with Gasteiger partial charge in [-0.05, 0) is 55.3 Å². The van der Waals surface area contributed by atoms with E-state index in [1.807, 2.05) is 26.0 Å². The molecule has 0 aliphatic carbocycles. The molecule has 0 bridgehead atoms. The summed E-state index contributed by atoms with van der Waals surface area (Å²) in [5, 5.41) is 8.14. The molecule has 29 heavy (non-hydrogen) atoms. The number of benzene rings is 1. The van der Waals surface area contributed by atoms with E-state index >= 15 is 0 Å². The monoisotopic (exact) mass is 389 g/mol.